The van der Waals surface area contributed by atoms with Crippen LogP contribution in [0.2, 0.25) is 0 Å². The molecule has 0 spiro atoms. The van der Waals surface area contributed by atoms with Crippen molar-refractivity contribution >= 4 is 0 Å². The van der Waals surface area contributed by atoms with Crippen LogP contribution >= 0.6 is 0 Å². The van der Waals surface area contributed by atoms with Gasteiger partial charge in [-0.25, -0.2) is 0 Å². The monoisotopic (exact) mass is 353 g/mol. The van der Waals surface area contributed by atoms with E-state index in [1.165, 1.54) is 38.5 Å². The summed E-state index contributed by atoms with van der Waals surface area (Å²) in [5.41, 5.74) is 0. The molecule has 0 radical (unpaired) electrons. The van der Waals surface area contributed by atoms with Gasteiger partial charge in [-0.15, -0.1) is 0 Å². The summed E-state index contributed by atoms with van der Waals surface area (Å²) in [6.45, 7) is 8.95. The number of rotatable bonds is 16. The second-order valence-corrected chi connectivity index (χ2v) is 7.15. The van der Waals surface area contributed by atoms with Gasteiger partial charge in [0.05, 0.1) is 33.4 Å². The topological polar surface area (TPSA) is 49.7 Å². The SMILES string of the molecule is CC(C)CCCCCCCOCCC[N+](C)(CCO)CCO.[Cl-]. The first kappa shape index (κ1) is 25.4. The predicted octanol–water partition coefficient (Wildman–Crippen LogP) is -0.175. The summed E-state index contributed by atoms with van der Waals surface area (Å²) in [4.78, 5) is 0. The summed E-state index contributed by atoms with van der Waals surface area (Å²) < 4.78 is 6.42. The van der Waals surface area contributed by atoms with Gasteiger partial charge in [0.25, 0.3) is 0 Å². The van der Waals surface area contributed by atoms with Crippen LogP contribution in [0.3, 0.4) is 0 Å². The zero-order chi connectivity index (χ0) is 16.7. The fourth-order valence-electron chi connectivity index (χ4n) is 2.76. The van der Waals surface area contributed by atoms with Crippen LogP contribution in [0.4, 0.5) is 0 Å². The van der Waals surface area contributed by atoms with E-state index in [-0.39, 0.29) is 25.6 Å². The van der Waals surface area contributed by atoms with Crippen LogP contribution in [0.5, 0.6) is 0 Å². The third-order valence-corrected chi connectivity index (χ3v) is 4.34. The van der Waals surface area contributed by atoms with E-state index >= 15 is 0 Å². The van der Waals surface area contributed by atoms with Gasteiger partial charge in [-0.1, -0.05) is 46.0 Å². The second kappa shape index (κ2) is 17.0. The van der Waals surface area contributed by atoms with Crippen LogP contribution in [-0.4, -0.2) is 67.8 Å². The highest BCUT2D eigenvalue weighted by Crippen LogP contribution is 2.10. The summed E-state index contributed by atoms with van der Waals surface area (Å²) in [5.74, 6) is 0.837. The van der Waals surface area contributed by atoms with Crippen LogP contribution < -0.4 is 12.4 Å². The van der Waals surface area contributed by atoms with Gasteiger partial charge in [0.15, 0.2) is 0 Å². The molecule has 23 heavy (non-hydrogen) atoms. The van der Waals surface area contributed by atoms with Gasteiger partial charge in [-0.3, -0.25) is 0 Å². The van der Waals surface area contributed by atoms with Gasteiger partial charge in [0.2, 0.25) is 0 Å². The zero-order valence-electron chi connectivity index (χ0n) is 15.6. The van der Waals surface area contributed by atoms with E-state index in [0.717, 1.165) is 36.6 Å². The van der Waals surface area contributed by atoms with Gasteiger partial charge < -0.3 is 31.8 Å². The summed E-state index contributed by atoms with van der Waals surface area (Å²) in [6, 6.07) is 0. The number of unbranched alkanes of at least 4 members (excludes halogenated alkanes) is 4. The first-order valence-electron chi connectivity index (χ1n) is 9.17. The van der Waals surface area contributed by atoms with E-state index < -0.39 is 0 Å². The Kier molecular flexibility index (Phi) is 18.7. The lowest BCUT2D eigenvalue weighted by atomic mass is 10.0. The van der Waals surface area contributed by atoms with Crippen LogP contribution in [0.15, 0.2) is 0 Å². The number of ether oxygens (including phenoxy) is 1. The van der Waals surface area contributed by atoms with Gasteiger partial charge in [0, 0.05) is 13.0 Å². The molecule has 0 saturated carbocycles. The molecule has 0 unspecified atom stereocenters. The van der Waals surface area contributed by atoms with Crippen LogP contribution in [0.25, 0.3) is 0 Å². The number of hydrogen-bond donors (Lipinski definition) is 2. The molecule has 0 aromatic rings. The van der Waals surface area contributed by atoms with Crippen LogP contribution in [0, 0.1) is 5.92 Å². The number of aliphatic hydroxyl groups excluding tert-OH is 2. The van der Waals surface area contributed by atoms with Gasteiger partial charge in [-0.05, 0) is 12.3 Å². The molecule has 0 rings (SSSR count). The molecule has 0 aliphatic carbocycles. The molecule has 0 fully saturated rings. The maximum Gasteiger partial charge on any atom is 0.102 e. The van der Waals surface area contributed by atoms with Crippen molar-refractivity contribution in [1.82, 2.24) is 0 Å². The maximum atomic E-state index is 9.09. The molecule has 0 atom stereocenters. The molecular weight excluding hydrogens is 314 g/mol. The average molecular weight is 354 g/mol. The van der Waals surface area contributed by atoms with E-state index in [4.69, 9.17) is 14.9 Å². The van der Waals surface area contributed by atoms with Crippen molar-refractivity contribution < 1.29 is 31.8 Å². The molecule has 0 aromatic heterocycles. The largest absolute Gasteiger partial charge is 1.00 e. The second-order valence-electron chi connectivity index (χ2n) is 7.15. The first-order valence-corrected chi connectivity index (χ1v) is 9.17. The number of aliphatic hydroxyl groups is 2. The Bertz CT molecular complexity index is 234. The Morgan fingerprint density at radius 1 is 0.783 bits per heavy atom. The quantitative estimate of drug-likeness (QED) is 0.299. The fourth-order valence-corrected chi connectivity index (χ4v) is 2.76. The van der Waals surface area contributed by atoms with E-state index in [0.29, 0.717) is 13.1 Å². The molecule has 0 amide bonds. The van der Waals surface area contributed by atoms with Gasteiger partial charge >= 0.3 is 0 Å². The highest BCUT2D eigenvalue weighted by molar-refractivity contribution is 4.48. The molecule has 0 bridgehead atoms. The average Bonchev–Trinajstić information content (AvgIpc) is 2.45. The molecular formula is C18H40ClNO3. The fraction of sp³-hybridized carbons (Fsp3) is 1.00. The molecule has 0 aliphatic rings. The van der Waals surface area contributed by atoms with Crippen LogP contribution in [0.1, 0.15) is 58.8 Å². The molecule has 142 valence electrons. The number of hydrogen-bond acceptors (Lipinski definition) is 3. The van der Waals surface area contributed by atoms with Crippen molar-refractivity contribution in [1.29, 1.82) is 0 Å². The highest BCUT2D eigenvalue weighted by Gasteiger charge is 2.19. The van der Waals surface area contributed by atoms with Crippen molar-refractivity contribution in [2.45, 2.75) is 58.8 Å². The smallest absolute Gasteiger partial charge is 0.102 e. The number of quaternary nitrogens is 1. The molecule has 0 heterocycles. The van der Waals surface area contributed by atoms with Gasteiger partial charge in [-0.2, -0.15) is 0 Å². The zero-order valence-corrected chi connectivity index (χ0v) is 16.4. The number of likely N-dealkylation sites (N-methyl/N-ethyl adjacent to an activating group) is 1. The molecule has 0 aliphatic heterocycles. The third-order valence-electron chi connectivity index (χ3n) is 4.34. The standard InChI is InChI=1S/C18H40NO3.ClH/c1-18(2)10-7-5-4-6-8-16-22-17-9-11-19(3,12-14-20)13-15-21;/h18,20-21H,4-17H2,1-3H3;1H/q+1;/p-1. The van der Waals surface area contributed by atoms with Crippen molar-refractivity contribution in [2.75, 3.05) is 53.1 Å². The summed E-state index contributed by atoms with van der Waals surface area (Å²) in [6.07, 6.45) is 8.85. The number of nitrogens with zero attached hydrogens (tertiary/aromatic N) is 1. The molecule has 0 aromatic carbocycles. The van der Waals surface area contributed by atoms with E-state index in [1.807, 2.05) is 0 Å². The van der Waals surface area contributed by atoms with E-state index in [1.54, 1.807) is 0 Å². The minimum Gasteiger partial charge on any atom is -1.00 e. The molecule has 0 saturated heterocycles. The lowest BCUT2D eigenvalue weighted by molar-refractivity contribution is -0.910. The summed E-state index contributed by atoms with van der Waals surface area (Å²) in [7, 11) is 2.09. The molecule has 2 N–H and O–H groups in total. The first-order chi connectivity index (χ1) is 10.5. The Hall–Kier alpha value is 0.130. The van der Waals surface area contributed by atoms with Crippen molar-refractivity contribution in [2.24, 2.45) is 5.92 Å². The molecule has 5 heteroatoms. The normalized spacial score (nSPS) is 11.7. The van der Waals surface area contributed by atoms with Crippen LogP contribution in [-0.2, 0) is 4.74 Å². The lowest BCUT2D eigenvalue weighted by Gasteiger charge is -2.33. The summed E-state index contributed by atoms with van der Waals surface area (Å²) in [5, 5.41) is 18.2. The number of halogens is 1. The highest BCUT2D eigenvalue weighted by atomic mass is 35.5. The van der Waals surface area contributed by atoms with Crippen molar-refractivity contribution in [3.05, 3.63) is 0 Å². The third kappa shape index (κ3) is 16.8. The maximum absolute atomic E-state index is 9.09. The Morgan fingerprint density at radius 3 is 1.87 bits per heavy atom. The predicted molar refractivity (Wildman–Crippen MR) is 92.9 cm³/mol. The summed E-state index contributed by atoms with van der Waals surface area (Å²) >= 11 is 0. The van der Waals surface area contributed by atoms with Gasteiger partial charge in [0.1, 0.15) is 13.1 Å². The van der Waals surface area contributed by atoms with Crippen molar-refractivity contribution in [3.63, 3.8) is 0 Å². The Labute approximate surface area is 150 Å². The minimum absolute atomic E-state index is 0. The van der Waals surface area contributed by atoms with Crippen molar-refractivity contribution in [3.8, 4) is 0 Å². The lowest BCUT2D eigenvalue weighted by Crippen LogP contribution is -3.00. The van der Waals surface area contributed by atoms with E-state index in [9.17, 15) is 0 Å². The molecule has 4 nitrogen and oxygen atoms in total. The Balaban J connectivity index is 0. The minimum atomic E-state index is 0. The Morgan fingerprint density at radius 2 is 1.30 bits per heavy atom. The van der Waals surface area contributed by atoms with E-state index in [2.05, 4.69) is 20.9 Å².